The first-order valence-corrected chi connectivity index (χ1v) is 8.12. The Hall–Kier alpha value is -1.92. The van der Waals surface area contributed by atoms with E-state index in [1.165, 1.54) is 12.1 Å². The van der Waals surface area contributed by atoms with Crippen molar-refractivity contribution in [3.8, 4) is 0 Å². The van der Waals surface area contributed by atoms with Gasteiger partial charge >= 0.3 is 0 Å². The molecule has 0 bridgehead atoms. The highest BCUT2D eigenvalue weighted by Gasteiger charge is 2.35. The molecule has 0 aliphatic carbocycles. The smallest absolute Gasteiger partial charge is 0.227 e. The average Bonchev–Trinajstić information content (AvgIpc) is 3.10. The average molecular weight is 353 g/mol. The largest absolute Gasteiger partial charge is 0.391 e. The van der Waals surface area contributed by atoms with Gasteiger partial charge in [-0.2, -0.15) is 0 Å². The van der Waals surface area contributed by atoms with Gasteiger partial charge in [0.05, 0.1) is 18.2 Å². The van der Waals surface area contributed by atoms with E-state index in [0.717, 1.165) is 5.69 Å². The molecule has 1 aliphatic rings. The number of aliphatic hydroxyl groups excluding tert-OH is 1. The second-order valence-electron chi connectivity index (χ2n) is 6.14. The van der Waals surface area contributed by atoms with Gasteiger partial charge in [0.1, 0.15) is 11.6 Å². The fraction of sp³-hybridized carbons (Fsp3) is 0.412. The lowest BCUT2D eigenvalue weighted by Gasteiger charge is -2.16. The van der Waals surface area contributed by atoms with Gasteiger partial charge < -0.3 is 14.5 Å². The number of rotatable bonds is 4. The topological polar surface area (TPSA) is 66.6 Å². The summed E-state index contributed by atoms with van der Waals surface area (Å²) in [5.74, 6) is -0.193. The van der Waals surface area contributed by atoms with Crippen LogP contribution in [0.25, 0.3) is 0 Å². The van der Waals surface area contributed by atoms with Crippen LogP contribution in [0.3, 0.4) is 0 Å². The molecule has 5 nitrogen and oxygen atoms in total. The highest BCUT2D eigenvalue weighted by Crippen LogP contribution is 2.25. The maximum atomic E-state index is 13.8. The van der Waals surface area contributed by atoms with Crippen LogP contribution in [0.4, 0.5) is 4.39 Å². The summed E-state index contributed by atoms with van der Waals surface area (Å²) < 4.78 is 19.0. The molecular weight excluding hydrogens is 335 g/mol. The Balaban J connectivity index is 1.64. The summed E-state index contributed by atoms with van der Waals surface area (Å²) in [6.07, 6.45) is -0.256. The number of carbonyl (C=O) groups excluding carboxylic acids is 1. The maximum absolute atomic E-state index is 13.8. The number of benzene rings is 1. The van der Waals surface area contributed by atoms with Gasteiger partial charge in [-0.15, -0.1) is 0 Å². The van der Waals surface area contributed by atoms with Crippen molar-refractivity contribution in [3.63, 3.8) is 0 Å². The predicted molar refractivity (Wildman–Crippen MR) is 86.1 cm³/mol. The Bertz CT molecular complexity index is 729. The van der Waals surface area contributed by atoms with Crippen molar-refractivity contribution >= 4 is 17.5 Å². The first-order valence-electron chi connectivity index (χ1n) is 7.75. The van der Waals surface area contributed by atoms with Crippen LogP contribution in [0.15, 0.2) is 28.8 Å². The van der Waals surface area contributed by atoms with Crippen LogP contribution >= 0.6 is 11.6 Å². The fourth-order valence-electron chi connectivity index (χ4n) is 2.99. The predicted octanol–water partition coefficient (Wildman–Crippen LogP) is 2.38. The van der Waals surface area contributed by atoms with Gasteiger partial charge in [-0.1, -0.05) is 22.8 Å². The van der Waals surface area contributed by atoms with Crippen LogP contribution in [-0.2, 0) is 17.6 Å². The summed E-state index contributed by atoms with van der Waals surface area (Å²) in [7, 11) is 0. The van der Waals surface area contributed by atoms with E-state index in [-0.39, 0.29) is 35.4 Å². The highest BCUT2D eigenvalue weighted by atomic mass is 35.5. The van der Waals surface area contributed by atoms with Gasteiger partial charge in [0.2, 0.25) is 5.91 Å². The monoisotopic (exact) mass is 352 g/mol. The number of aryl methyl sites for hydroxylation is 1. The van der Waals surface area contributed by atoms with Gasteiger partial charge in [-0.05, 0) is 19.1 Å². The molecule has 2 heterocycles. The molecule has 0 radical (unpaired) electrons. The number of likely N-dealkylation sites (tertiary alicyclic amines) is 1. The SMILES string of the molecule is Cc1cc(C[C@@H]2CN(C(=O)Cc3c(F)cccc3Cl)C[C@H]2O)on1. The van der Waals surface area contributed by atoms with Gasteiger partial charge in [-0.25, -0.2) is 4.39 Å². The standard InChI is InChI=1S/C17H18ClFN2O3/c1-10-5-12(24-20-10)6-11-8-21(9-16(11)22)17(23)7-13-14(18)3-2-4-15(13)19/h2-5,11,16,22H,6-9H2,1H3/t11-,16-/m1/s1. The third kappa shape index (κ3) is 3.60. The zero-order valence-electron chi connectivity index (χ0n) is 13.2. The molecule has 1 aromatic heterocycles. The lowest BCUT2D eigenvalue weighted by molar-refractivity contribution is -0.129. The zero-order valence-corrected chi connectivity index (χ0v) is 14.0. The van der Waals surface area contributed by atoms with Crippen LogP contribution in [0.1, 0.15) is 17.0 Å². The molecule has 0 spiro atoms. The van der Waals surface area contributed by atoms with Crippen molar-refractivity contribution in [1.29, 1.82) is 0 Å². The minimum Gasteiger partial charge on any atom is -0.391 e. The van der Waals surface area contributed by atoms with E-state index >= 15 is 0 Å². The number of nitrogens with zero attached hydrogens (tertiary/aromatic N) is 2. The Labute approximate surface area is 144 Å². The number of amides is 1. The van der Waals surface area contributed by atoms with Crippen molar-refractivity contribution in [2.24, 2.45) is 5.92 Å². The van der Waals surface area contributed by atoms with Crippen LogP contribution in [-0.4, -0.2) is 40.3 Å². The highest BCUT2D eigenvalue weighted by molar-refractivity contribution is 6.31. The maximum Gasteiger partial charge on any atom is 0.227 e. The lowest BCUT2D eigenvalue weighted by atomic mass is 10.0. The van der Waals surface area contributed by atoms with Crippen LogP contribution in [0.5, 0.6) is 0 Å². The Morgan fingerprint density at radius 1 is 1.50 bits per heavy atom. The third-order valence-electron chi connectivity index (χ3n) is 4.29. The molecule has 24 heavy (non-hydrogen) atoms. The summed E-state index contributed by atoms with van der Waals surface area (Å²) in [6, 6.07) is 6.15. The van der Waals surface area contributed by atoms with Crippen molar-refractivity contribution in [2.45, 2.75) is 25.9 Å². The van der Waals surface area contributed by atoms with Gasteiger partial charge in [0.15, 0.2) is 0 Å². The molecule has 1 fully saturated rings. The molecule has 3 rings (SSSR count). The van der Waals surface area contributed by atoms with E-state index < -0.39 is 11.9 Å². The number of aromatic nitrogens is 1. The van der Waals surface area contributed by atoms with E-state index in [4.69, 9.17) is 16.1 Å². The molecule has 2 atom stereocenters. The Morgan fingerprint density at radius 3 is 2.96 bits per heavy atom. The first-order chi connectivity index (χ1) is 11.4. The van der Waals surface area contributed by atoms with Crippen LogP contribution in [0.2, 0.25) is 5.02 Å². The Kier molecular flexibility index (Phi) is 4.87. The molecule has 1 N–H and O–H groups in total. The summed E-state index contributed by atoms with van der Waals surface area (Å²) in [5.41, 5.74) is 0.965. The van der Waals surface area contributed by atoms with Crippen molar-refractivity contribution in [3.05, 3.63) is 52.1 Å². The quantitative estimate of drug-likeness (QED) is 0.917. The first kappa shape index (κ1) is 16.9. The molecule has 1 saturated heterocycles. The molecule has 1 amide bonds. The molecule has 1 aliphatic heterocycles. The number of aliphatic hydroxyl groups is 1. The normalized spacial score (nSPS) is 20.6. The Morgan fingerprint density at radius 2 is 2.29 bits per heavy atom. The minimum atomic E-state index is -0.643. The molecular formula is C17H18ClFN2O3. The number of halogens is 2. The number of hydrogen-bond donors (Lipinski definition) is 1. The van der Waals surface area contributed by atoms with Crippen molar-refractivity contribution in [2.75, 3.05) is 13.1 Å². The van der Waals surface area contributed by atoms with Gasteiger partial charge in [0.25, 0.3) is 0 Å². The minimum absolute atomic E-state index is 0.119. The van der Waals surface area contributed by atoms with Gasteiger partial charge in [0, 0.05) is 42.1 Å². The van der Waals surface area contributed by atoms with E-state index in [2.05, 4.69) is 5.16 Å². The van der Waals surface area contributed by atoms with E-state index in [0.29, 0.717) is 18.7 Å². The van der Waals surface area contributed by atoms with Crippen molar-refractivity contribution in [1.82, 2.24) is 10.1 Å². The summed E-state index contributed by atoms with van der Waals surface area (Å²) in [4.78, 5) is 14.0. The molecule has 7 heteroatoms. The zero-order chi connectivity index (χ0) is 17.3. The molecule has 0 unspecified atom stereocenters. The summed E-state index contributed by atoms with van der Waals surface area (Å²) in [6.45, 7) is 2.45. The fourth-order valence-corrected chi connectivity index (χ4v) is 3.22. The van der Waals surface area contributed by atoms with E-state index in [1.54, 1.807) is 11.0 Å². The molecule has 0 saturated carbocycles. The second-order valence-corrected chi connectivity index (χ2v) is 6.55. The number of carbonyl (C=O) groups is 1. The summed E-state index contributed by atoms with van der Waals surface area (Å²) in [5, 5.41) is 14.2. The number of hydrogen-bond acceptors (Lipinski definition) is 4. The van der Waals surface area contributed by atoms with Crippen molar-refractivity contribution < 1.29 is 18.8 Å². The lowest BCUT2D eigenvalue weighted by Crippen LogP contribution is -2.31. The number of β-amino-alcohol motifs (C(OH)–C–C–N with tert-alkyl or cyclic N) is 1. The van der Waals surface area contributed by atoms with Crippen LogP contribution < -0.4 is 0 Å². The molecule has 2 aromatic rings. The van der Waals surface area contributed by atoms with Gasteiger partial charge in [-0.3, -0.25) is 4.79 Å². The third-order valence-corrected chi connectivity index (χ3v) is 4.64. The molecule has 1 aromatic carbocycles. The second kappa shape index (κ2) is 6.91. The van der Waals surface area contributed by atoms with Crippen LogP contribution in [0, 0.1) is 18.7 Å². The van der Waals surface area contributed by atoms with E-state index in [9.17, 15) is 14.3 Å². The summed E-state index contributed by atoms with van der Waals surface area (Å²) >= 11 is 5.97. The molecule has 128 valence electrons. The van der Waals surface area contributed by atoms with E-state index in [1.807, 2.05) is 13.0 Å².